The fourth-order valence-corrected chi connectivity index (χ4v) is 7.68. The maximum absolute atomic E-state index is 12.8. The van der Waals surface area contributed by atoms with E-state index in [0.717, 1.165) is 88.8 Å². The monoisotopic (exact) mass is 725 g/mol. The molecule has 7 nitrogen and oxygen atoms in total. The highest BCUT2D eigenvalue weighted by molar-refractivity contribution is 7.17. The van der Waals surface area contributed by atoms with Crippen molar-refractivity contribution in [1.29, 1.82) is 0 Å². The molecule has 1 saturated heterocycles. The first-order chi connectivity index (χ1) is 25.6. The number of rotatable bonds is 23. The molecule has 280 valence electrons. The highest BCUT2D eigenvalue weighted by Crippen LogP contribution is 2.31. The predicted molar refractivity (Wildman–Crippen MR) is 219 cm³/mol. The second-order valence-corrected chi connectivity index (χ2v) is 14.9. The van der Waals surface area contributed by atoms with Crippen LogP contribution in [0.3, 0.4) is 0 Å². The fraction of sp³-hybridized carbons (Fsp3) is 0.500. The molecule has 0 amide bonds. The number of carbonyl (C=O) groups is 1. The molecule has 5 rings (SSSR count). The summed E-state index contributed by atoms with van der Waals surface area (Å²) in [5.74, 6) is 0.461. The van der Waals surface area contributed by atoms with Crippen LogP contribution in [0.25, 0.3) is 21.0 Å². The largest absolute Gasteiger partial charge is 0.494 e. The summed E-state index contributed by atoms with van der Waals surface area (Å²) in [6.07, 6.45) is 24.1. The Morgan fingerprint density at radius 1 is 0.808 bits per heavy atom. The number of anilines is 1. The molecule has 3 heterocycles. The van der Waals surface area contributed by atoms with Gasteiger partial charge < -0.3 is 14.4 Å². The van der Waals surface area contributed by atoms with Gasteiger partial charge in [0, 0.05) is 60.5 Å². The van der Waals surface area contributed by atoms with Gasteiger partial charge in [0.05, 0.1) is 12.1 Å². The van der Waals surface area contributed by atoms with Crippen molar-refractivity contribution in [3.63, 3.8) is 0 Å². The number of piperazine rings is 1. The number of esters is 1. The van der Waals surface area contributed by atoms with E-state index in [-0.39, 0.29) is 18.3 Å². The van der Waals surface area contributed by atoms with Crippen molar-refractivity contribution in [3.05, 3.63) is 94.6 Å². The molecule has 0 bridgehead atoms. The standard InChI is InChI=1S/C44H59N3O4S/c1-2-3-4-5-6-7-8-9-10-11-12-13-14-15-16-22-44(49)51-36-47-41-35-38(25-23-37(41)24-26-43(47)48)50-33-18-17-28-45-29-31-46(32-30-45)40-20-19-21-42-39(40)27-34-52-42/h6-7,9-10,19-21,23-27,34-35H,2-5,8,11-18,22,28-33,36H2,1H3. The minimum absolute atomic E-state index is 0.0889. The van der Waals surface area contributed by atoms with Crippen molar-refractivity contribution < 1.29 is 14.3 Å². The van der Waals surface area contributed by atoms with Crippen LogP contribution in [0.4, 0.5) is 5.69 Å². The second kappa shape index (κ2) is 22.2. The molecule has 8 heteroatoms. The van der Waals surface area contributed by atoms with Crippen molar-refractivity contribution in [3.8, 4) is 5.75 Å². The number of fused-ring (bicyclic) bond motifs is 2. The summed E-state index contributed by atoms with van der Waals surface area (Å²) >= 11 is 1.81. The van der Waals surface area contributed by atoms with Crippen LogP contribution in [0.5, 0.6) is 5.75 Å². The Hall–Kier alpha value is -3.88. The number of pyridine rings is 1. The number of carbonyl (C=O) groups excluding carboxylic acids is 1. The zero-order valence-corrected chi connectivity index (χ0v) is 32.1. The van der Waals surface area contributed by atoms with E-state index in [0.29, 0.717) is 18.5 Å². The van der Waals surface area contributed by atoms with Gasteiger partial charge in [0.15, 0.2) is 6.73 Å². The molecule has 1 fully saturated rings. The smallest absolute Gasteiger partial charge is 0.307 e. The van der Waals surface area contributed by atoms with Crippen LogP contribution in [-0.4, -0.2) is 54.8 Å². The lowest BCUT2D eigenvalue weighted by Gasteiger charge is -2.36. The quantitative estimate of drug-likeness (QED) is 0.0431. The summed E-state index contributed by atoms with van der Waals surface area (Å²) in [5, 5.41) is 4.46. The highest BCUT2D eigenvalue weighted by atomic mass is 32.1. The van der Waals surface area contributed by atoms with Crippen molar-refractivity contribution in [2.24, 2.45) is 0 Å². The molecule has 0 atom stereocenters. The van der Waals surface area contributed by atoms with Crippen LogP contribution >= 0.6 is 11.3 Å². The van der Waals surface area contributed by atoms with Gasteiger partial charge in [0.25, 0.3) is 5.56 Å². The Morgan fingerprint density at radius 2 is 1.58 bits per heavy atom. The number of ether oxygens (including phenoxy) is 2. The minimum Gasteiger partial charge on any atom is -0.494 e. The van der Waals surface area contributed by atoms with Crippen LogP contribution in [0.1, 0.15) is 96.8 Å². The highest BCUT2D eigenvalue weighted by Gasteiger charge is 2.18. The third-order valence-electron chi connectivity index (χ3n) is 9.97. The van der Waals surface area contributed by atoms with E-state index >= 15 is 0 Å². The summed E-state index contributed by atoms with van der Waals surface area (Å²) < 4.78 is 14.5. The lowest BCUT2D eigenvalue weighted by molar-refractivity contribution is -0.147. The van der Waals surface area contributed by atoms with Crippen LogP contribution < -0.4 is 15.2 Å². The van der Waals surface area contributed by atoms with Gasteiger partial charge in [-0.05, 0) is 105 Å². The van der Waals surface area contributed by atoms with E-state index in [1.54, 1.807) is 0 Å². The van der Waals surface area contributed by atoms with E-state index in [1.807, 2.05) is 35.6 Å². The Balaban J connectivity index is 0.942. The maximum Gasteiger partial charge on any atom is 0.307 e. The molecule has 2 aromatic carbocycles. The van der Waals surface area contributed by atoms with Crippen LogP contribution in [0.2, 0.25) is 0 Å². The topological polar surface area (TPSA) is 64.0 Å². The molecule has 0 radical (unpaired) electrons. The summed E-state index contributed by atoms with van der Waals surface area (Å²) in [7, 11) is 0. The third kappa shape index (κ3) is 12.7. The zero-order chi connectivity index (χ0) is 36.2. The van der Waals surface area contributed by atoms with Gasteiger partial charge in [-0.2, -0.15) is 0 Å². The van der Waals surface area contributed by atoms with Crippen LogP contribution in [0.15, 0.2) is 89.1 Å². The van der Waals surface area contributed by atoms with E-state index < -0.39 is 0 Å². The Kier molecular flexibility index (Phi) is 16.8. The minimum atomic E-state index is -0.261. The van der Waals surface area contributed by atoms with Gasteiger partial charge in [-0.1, -0.05) is 69.4 Å². The number of hydrogen-bond acceptors (Lipinski definition) is 7. The lowest BCUT2D eigenvalue weighted by atomic mass is 10.1. The molecular weight excluding hydrogens is 667 g/mol. The lowest BCUT2D eigenvalue weighted by Crippen LogP contribution is -2.46. The van der Waals surface area contributed by atoms with Crippen molar-refractivity contribution in [1.82, 2.24) is 9.47 Å². The third-order valence-corrected chi connectivity index (χ3v) is 10.9. The maximum atomic E-state index is 12.8. The summed E-state index contributed by atoms with van der Waals surface area (Å²) in [6.45, 7) is 8.08. The van der Waals surface area contributed by atoms with Gasteiger partial charge in [0.2, 0.25) is 0 Å². The predicted octanol–water partition coefficient (Wildman–Crippen LogP) is 10.5. The molecule has 1 aliphatic rings. The van der Waals surface area contributed by atoms with Crippen molar-refractivity contribution in [2.75, 3.05) is 44.2 Å². The number of benzene rings is 2. The Labute approximate surface area is 314 Å². The first kappa shape index (κ1) is 39.3. The Morgan fingerprint density at radius 3 is 2.40 bits per heavy atom. The fourth-order valence-electron chi connectivity index (χ4n) is 6.87. The number of aromatic nitrogens is 1. The van der Waals surface area contributed by atoms with Gasteiger partial charge in [-0.25, -0.2) is 0 Å². The van der Waals surface area contributed by atoms with E-state index in [2.05, 4.69) is 70.7 Å². The van der Waals surface area contributed by atoms with Crippen LogP contribution in [0, 0.1) is 0 Å². The van der Waals surface area contributed by atoms with Gasteiger partial charge in [-0.3, -0.25) is 19.1 Å². The average molecular weight is 726 g/mol. The molecule has 0 N–H and O–H groups in total. The zero-order valence-electron chi connectivity index (χ0n) is 31.3. The number of allylic oxidation sites excluding steroid dienone is 4. The number of thiophene rings is 1. The first-order valence-corrected chi connectivity index (χ1v) is 20.7. The molecular formula is C44H59N3O4S. The van der Waals surface area contributed by atoms with E-state index in [1.165, 1.54) is 64.9 Å². The normalized spacial score (nSPS) is 14.0. The molecule has 0 spiro atoms. The molecule has 0 unspecified atom stereocenters. The van der Waals surface area contributed by atoms with Gasteiger partial charge in [0.1, 0.15) is 5.75 Å². The molecule has 2 aromatic heterocycles. The van der Waals surface area contributed by atoms with E-state index in [9.17, 15) is 9.59 Å². The Bertz CT molecular complexity index is 1770. The molecule has 4 aromatic rings. The summed E-state index contributed by atoms with van der Waals surface area (Å²) in [5.41, 5.74) is 1.88. The van der Waals surface area contributed by atoms with Crippen molar-refractivity contribution >= 4 is 44.0 Å². The average Bonchev–Trinajstić information content (AvgIpc) is 3.66. The van der Waals surface area contributed by atoms with Crippen molar-refractivity contribution in [2.45, 2.75) is 104 Å². The molecule has 0 saturated carbocycles. The molecule has 0 aliphatic carbocycles. The SMILES string of the molecule is CCCCCC=CCC=CCCCCCCCC(=O)OCn1c(=O)ccc2ccc(OCCCCN3CCN(c4cccc5sccc45)CC3)cc21. The number of nitrogens with zero attached hydrogens (tertiary/aromatic N) is 3. The first-order valence-electron chi connectivity index (χ1n) is 19.8. The van der Waals surface area contributed by atoms with Gasteiger partial charge >= 0.3 is 5.97 Å². The second-order valence-electron chi connectivity index (χ2n) is 13.9. The summed E-state index contributed by atoms with van der Waals surface area (Å²) in [4.78, 5) is 30.4. The van der Waals surface area contributed by atoms with E-state index in [4.69, 9.17) is 9.47 Å². The molecule has 52 heavy (non-hydrogen) atoms. The van der Waals surface area contributed by atoms with Gasteiger partial charge in [-0.15, -0.1) is 11.3 Å². The molecule has 1 aliphatic heterocycles. The summed E-state index contributed by atoms with van der Waals surface area (Å²) in [6, 6.07) is 18.0. The number of hydrogen-bond donors (Lipinski definition) is 0. The van der Waals surface area contributed by atoms with Crippen LogP contribution in [-0.2, 0) is 16.3 Å². The number of unbranched alkanes of at least 4 members (excludes halogenated alkanes) is 9.